The molecule has 0 saturated heterocycles. The third-order valence-corrected chi connectivity index (χ3v) is 3.74. The molecule has 0 heterocycles. The fourth-order valence-corrected chi connectivity index (χ4v) is 2.49. The van der Waals surface area contributed by atoms with Crippen molar-refractivity contribution < 1.29 is 9.31 Å². The second kappa shape index (κ2) is 6.14. The van der Waals surface area contributed by atoms with Gasteiger partial charge in [-0.15, -0.1) is 0 Å². The largest absolute Gasteiger partial charge is 0.379 e. The lowest BCUT2D eigenvalue weighted by Crippen LogP contribution is -2.05. The molecule has 0 fully saturated rings. The molecular weight excluding hydrogens is 315 g/mol. The molecule has 2 rings (SSSR count). The molecule has 1 aliphatic carbocycles. The molecule has 0 aliphatic heterocycles. The number of nitro groups is 1. The van der Waals surface area contributed by atoms with E-state index in [0.717, 1.165) is 25.3 Å². The lowest BCUT2D eigenvalue weighted by atomic mass is 10.1. The molecule has 0 amide bonds. The molecule has 0 radical (unpaired) electrons. The van der Waals surface area contributed by atoms with E-state index in [0.29, 0.717) is 12.2 Å². The number of hydrogen-bond donors (Lipinski definition) is 1. The van der Waals surface area contributed by atoms with Crippen LogP contribution in [0.25, 0.3) is 0 Å². The van der Waals surface area contributed by atoms with E-state index in [1.807, 2.05) is 0 Å². The zero-order valence-corrected chi connectivity index (χ0v) is 11.9. The van der Waals surface area contributed by atoms with Crippen LogP contribution in [0.2, 0.25) is 0 Å². The van der Waals surface area contributed by atoms with Crippen LogP contribution in [0, 0.1) is 15.9 Å². The Morgan fingerprint density at radius 3 is 2.89 bits per heavy atom. The van der Waals surface area contributed by atoms with E-state index in [1.165, 1.54) is 18.1 Å². The van der Waals surface area contributed by atoms with Gasteiger partial charge in [0, 0.05) is 6.54 Å². The molecule has 0 spiro atoms. The van der Waals surface area contributed by atoms with E-state index in [9.17, 15) is 14.5 Å². The highest BCUT2D eigenvalue weighted by molar-refractivity contribution is 9.10. The van der Waals surface area contributed by atoms with Crippen molar-refractivity contribution in [3.05, 3.63) is 44.2 Å². The molecule has 4 nitrogen and oxygen atoms in total. The first-order valence-corrected chi connectivity index (χ1v) is 6.92. The Kier molecular flexibility index (Phi) is 4.52. The molecule has 0 saturated carbocycles. The molecule has 1 aromatic rings. The van der Waals surface area contributed by atoms with Gasteiger partial charge in [-0.3, -0.25) is 10.1 Å². The van der Waals surface area contributed by atoms with Crippen LogP contribution in [0.5, 0.6) is 0 Å². The minimum atomic E-state index is -0.629. The average Bonchev–Trinajstić information content (AvgIpc) is 2.86. The lowest BCUT2D eigenvalue weighted by molar-refractivity contribution is -0.384. The Morgan fingerprint density at radius 1 is 1.47 bits per heavy atom. The number of halogens is 2. The minimum Gasteiger partial charge on any atom is -0.379 e. The summed E-state index contributed by atoms with van der Waals surface area (Å²) in [5.41, 5.74) is 1.49. The second-order valence-electron chi connectivity index (χ2n) is 4.47. The van der Waals surface area contributed by atoms with Gasteiger partial charge in [-0.25, -0.2) is 4.39 Å². The molecule has 1 N–H and O–H groups in total. The number of nitrogens with zero attached hydrogens (tertiary/aromatic N) is 1. The zero-order valence-electron chi connectivity index (χ0n) is 10.3. The lowest BCUT2D eigenvalue weighted by Gasteiger charge is -2.08. The van der Waals surface area contributed by atoms with Crippen LogP contribution in [0.1, 0.15) is 25.7 Å². The van der Waals surface area contributed by atoms with Crippen LogP contribution < -0.4 is 5.32 Å². The van der Waals surface area contributed by atoms with Crippen molar-refractivity contribution >= 4 is 27.3 Å². The van der Waals surface area contributed by atoms with Gasteiger partial charge in [-0.1, -0.05) is 11.6 Å². The van der Waals surface area contributed by atoms with Gasteiger partial charge >= 0.3 is 0 Å². The summed E-state index contributed by atoms with van der Waals surface area (Å²) in [5, 5.41) is 13.9. The van der Waals surface area contributed by atoms with E-state index in [-0.39, 0.29) is 10.2 Å². The molecule has 0 bridgehead atoms. The molecule has 19 heavy (non-hydrogen) atoms. The van der Waals surface area contributed by atoms with E-state index in [2.05, 4.69) is 27.3 Å². The van der Waals surface area contributed by atoms with Gasteiger partial charge in [-0.05, 0) is 47.7 Å². The normalized spacial score (nSPS) is 14.3. The van der Waals surface area contributed by atoms with Crippen LogP contribution >= 0.6 is 15.9 Å². The topological polar surface area (TPSA) is 55.2 Å². The van der Waals surface area contributed by atoms with Crippen LogP contribution in [0.4, 0.5) is 15.8 Å². The van der Waals surface area contributed by atoms with Crippen molar-refractivity contribution in [2.75, 3.05) is 11.9 Å². The van der Waals surface area contributed by atoms with Gasteiger partial charge in [0.25, 0.3) is 5.69 Å². The highest BCUT2D eigenvalue weighted by atomic mass is 79.9. The third kappa shape index (κ3) is 3.53. The summed E-state index contributed by atoms with van der Waals surface area (Å²) in [6, 6.07) is 2.34. The Hall–Kier alpha value is -1.43. The predicted octanol–water partition coefficient (Wildman–Crippen LogP) is 4.41. The third-order valence-electron chi connectivity index (χ3n) is 3.13. The Labute approximate surface area is 119 Å². The van der Waals surface area contributed by atoms with Crippen molar-refractivity contribution in [1.29, 1.82) is 0 Å². The summed E-state index contributed by atoms with van der Waals surface area (Å²) >= 11 is 3.04. The molecule has 6 heteroatoms. The standard InChI is InChI=1S/C13H14BrFN2O2/c14-10-7-12(13(17(18)19)8-11(10)15)16-6-5-9-3-1-2-4-9/h3,7-8,16H,1-2,4-6H2. The van der Waals surface area contributed by atoms with E-state index >= 15 is 0 Å². The Morgan fingerprint density at radius 2 is 2.26 bits per heavy atom. The van der Waals surface area contributed by atoms with Gasteiger partial charge < -0.3 is 5.32 Å². The van der Waals surface area contributed by atoms with Crippen molar-refractivity contribution in [2.24, 2.45) is 0 Å². The van der Waals surface area contributed by atoms with Crippen LogP contribution in [0.3, 0.4) is 0 Å². The fraction of sp³-hybridized carbons (Fsp3) is 0.385. The van der Waals surface area contributed by atoms with Crippen LogP contribution in [0.15, 0.2) is 28.3 Å². The van der Waals surface area contributed by atoms with Gasteiger partial charge in [-0.2, -0.15) is 0 Å². The van der Waals surface area contributed by atoms with Crippen molar-refractivity contribution in [1.82, 2.24) is 0 Å². The summed E-state index contributed by atoms with van der Waals surface area (Å²) in [4.78, 5) is 10.3. The summed E-state index contributed by atoms with van der Waals surface area (Å²) < 4.78 is 13.5. The Balaban J connectivity index is 2.05. The monoisotopic (exact) mass is 328 g/mol. The van der Waals surface area contributed by atoms with Crippen LogP contribution in [-0.2, 0) is 0 Å². The minimum absolute atomic E-state index is 0.223. The smallest absolute Gasteiger partial charge is 0.295 e. The second-order valence-corrected chi connectivity index (χ2v) is 5.33. The highest BCUT2D eigenvalue weighted by Gasteiger charge is 2.17. The molecule has 0 unspecified atom stereocenters. The first-order valence-electron chi connectivity index (χ1n) is 6.13. The maximum atomic E-state index is 13.3. The number of allylic oxidation sites excluding steroid dienone is 1. The summed E-state index contributed by atoms with van der Waals surface area (Å²) in [7, 11) is 0. The van der Waals surface area contributed by atoms with E-state index in [4.69, 9.17) is 0 Å². The Bertz CT molecular complexity index is 532. The molecule has 102 valence electrons. The van der Waals surface area contributed by atoms with Crippen molar-refractivity contribution in [3.63, 3.8) is 0 Å². The van der Waals surface area contributed by atoms with Crippen LogP contribution in [-0.4, -0.2) is 11.5 Å². The van der Waals surface area contributed by atoms with Gasteiger partial charge in [0.2, 0.25) is 0 Å². The first kappa shape index (κ1) is 14.0. The van der Waals surface area contributed by atoms with Crippen molar-refractivity contribution in [2.45, 2.75) is 25.7 Å². The summed E-state index contributed by atoms with van der Waals surface area (Å²) in [6.07, 6.45) is 6.51. The molecular formula is C13H14BrFN2O2. The number of benzene rings is 1. The maximum absolute atomic E-state index is 13.3. The molecule has 1 aliphatic rings. The van der Waals surface area contributed by atoms with E-state index < -0.39 is 10.7 Å². The highest BCUT2D eigenvalue weighted by Crippen LogP contribution is 2.30. The maximum Gasteiger partial charge on any atom is 0.295 e. The fourth-order valence-electron chi connectivity index (χ4n) is 2.15. The predicted molar refractivity (Wildman–Crippen MR) is 75.8 cm³/mol. The average molecular weight is 329 g/mol. The molecule has 0 atom stereocenters. The summed E-state index contributed by atoms with van der Waals surface area (Å²) in [6.45, 7) is 0.616. The first-order chi connectivity index (χ1) is 9.08. The SMILES string of the molecule is O=[N+]([O-])c1cc(F)c(Br)cc1NCCC1=CCCC1. The summed E-state index contributed by atoms with van der Waals surface area (Å²) in [5.74, 6) is -0.629. The zero-order chi connectivity index (χ0) is 13.8. The van der Waals surface area contributed by atoms with E-state index in [1.54, 1.807) is 0 Å². The number of hydrogen-bond acceptors (Lipinski definition) is 3. The van der Waals surface area contributed by atoms with Crippen molar-refractivity contribution in [3.8, 4) is 0 Å². The number of nitrogens with one attached hydrogen (secondary N) is 1. The number of rotatable bonds is 5. The molecule has 0 aromatic heterocycles. The quantitative estimate of drug-likeness (QED) is 0.495. The number of anilines is 1. The van der Waals surface area contributed by atoms with Gasteiger partial charge in [0.05, 0.1) is 15.5 Å². The number of nitro benzene ring substituents is 1. The molecule has 1 aromatic carbocycles. The van der Waals surface area contributed by atoms with Gasteiger partial charge in [0.15, 0.2) is 0 Å². The van der Waals surface area contributed by atoms with Gasteiger partial charge in [0.1, 0.15) is 11.5 Å².